The van der Waals surface area contributed by atoms with Gasteiger partial charge in [-0.1, -0.05) is 30.3 Å². The SMILES string of the molecule is C=NC(=O)CC1CCN(n2c(C)ccc(NS(=O)(=O)Cc3ccccc3)c2=O)CC1. The standard InChI is InChI=1S/C21H26N4O4S/c1-16-8-9-19(23-30(28,29)15-18-6-4-3-5-7-18)21(27)25(16)24-12-10-17(11-13-24)14-20(26)22-2/h3-9,17,23H,2,10-15H2,1H3. The molecule has 9 heteroatoms. The number of hydrogen-bond acceptors (Lipinski definition) is 5. The fourth-order valence-corrected chi connectivity index (χ4v) is 4.88. The number of piperidine rings is 1. The Hall–Kier alpha value is -2.94. The molecule has 1 aromatic heterocycles. The zero-order chi connectivity index (χ0) is 21.7. The second-order valence-corrected chi connectivity index (χ2v) is 9.23. The molecule has 160 valence electrons. The van der Waals surface area contributed by atoms with Gasteiger partial charge in [0, 0.05) is 25.2 Å². The van der Waals surface area contributed by atoms with Crippen molar-refractivity contribution in [2.75, 3.05) is 22.8 Å². The Labute approximate surface area is 176 Å². The summed E-state index contributed by atoms with van der Waals surface area (Å²) in [5.41, 5.74) is 0.968. The third kappa shape index (κ3) is 5.35. The van der Waals surface area contributed by atoms with Crippen LogP contribution in [0, 0.1) is 12.8 Å². The van der Waals surface area contributed by atoms with Crippen LogP contribution in [0.15, 0.2) is 52.3 Å². The molecule has 0 atom stereocenters. The number of pyridine rings is 1. The number of anilines is 1. The van der Waals surface area contributed by atoms with Gasteiger partial charge >= 0.3 is 0 Å². The molecular formula is C21H26N4O4S. The van der Waals surface area contributed by atoms with E-state index in [2.05, 4.69) is 16.4 Å². The third-order valence-corrected chi connectivity index (χ3v) is 6.47. The first-order valence-corrected chi connectivity index (χ1v) is 11.5. The van der Waals surface area contributed by atoms with Crippen LogP contribution in [0.1, 0.15) is 30.5 Å². The number of aryl methyl sites for hydroxylation is 1. The zero-order valence-electron chi connectivity index (χ0n) is 17.0. The maximum absolute atomic E-state index is 13.0. The summed E-state index contributed by atoms with van der Waals surface area (Å²) in [7, 11) is -3.73. The Morgan fingerprint density at radius 1 is 1.17 bits per heavy atom. The summed E-state index contributed by atoms with van der Waals surface area (Å²) in [4.78, 5) is 28.0. The Kier molecular flexibility index (Phi) is 6.71. The number of sulfonamides is 1. The summed E-state index contributed by atoms with van der Waals surface area (Å²) in [6.07, 6.45) is 1.86. The largest absolute Gasteiger partial charge is 0.310 e. The van der Waals surface area contributed by atoms with E-state index in [0.29, 0.717) is 30.8 Å². The molecule has 0 saturated carbocycles. The third-order valence-electron chi connectivity index (χ3n) is 5.23. The van der Waals surface area contributed by atoms with E-state index in [4.69, 9.17) is 0 Å². The van der Waals surface area contributed by atoms with Gasteiger partial charge in [-0.05, 0) is 50.1 Å². The van der Waals surface area contributed by atoms with E-state index in [1.807, 2.05) is 11.1 Å². The number of aliphatic imine (C=N–C) groups is 1. The van der Waals surface area contributed by atoms with Gasteiger partial charge in [-0.3, -0.25) is 14.3 Å². The topological polar surface area (TPSA) is 101 Å². The molecule has 8 nitrogen and oxygen atoms in total. The van der Waals surface area contributed by atoms with Gasteiger partial charge in [0.2, 0.25) is 15.9 Å². The average Bonchev–Trinajstić information content (AvgIpc) is 2.72. The minimum atomic E-state index is -3.73. The first kappa shape index (κ1) is 21.8. The van der Waals surface area contributed by atoms with Crippen molar-refractivity contribution in [2.45, 2.75) is 31.9 Å². The number of amides is 1. The fraction of sp³-hybridized carbons (Fsp3) is 0.381. The molecule has 1 saturated heterocycles. The van der Waals surface area contributed by atoms with E-state index in [-0.39, 0.29) is 23.3 Å². The van der Waals surface area contributed by atoms with Crippen LogP contribution in [0.25, 0.3) is 0 Å². The highest BCUT2D eigenvalue weighted by Crippen LogP contribution is 2.21. The van der Waals surface area contributed by atoms with Crippen molar-refractivity contribution in [3.05, 3.63) is 64.1 Å². The summed E-state index contributed by atoms with van der Waals surface area (Å²) >= 11 is 0. The molecule has 3 rings (SSSR count). The van der Waals surface area contributed by atoms with Crippen LogP contribution in [0.5, 0.6) is 0 Å². The highest BCUT2D eigenvalue weighted by molar-refractivity contribution is 7.91. The van der Waals surface area contributed by atoms with Gasteiger partial charge in [0.15, 0.2) is 0 Å². The van der Waals surface area contributed by atoms with Gasteiger partial charge in [0.1, 0.15) is 5.69 Å². The lowest BCUT2D eigenvalue weighted by molar-refractivity contribution is -0.118. The van der Waals surface area contributed by atoms with Crippen LogP contribution >= 0.6 is 0 Å². The molecule has 1 aliphatic heterocycles. The van der Waals surface area contributed by atoms with Crippen molar-refractivity contribution in [1.82, 2.24) is 4.68 Å². The van der Waals surface area contributed by atoms with E-state index in [1.165, 1.54) is 10.7 Å². The van der Waals surface area contributed by atoms with Crippen LogP contribution in [0.2, 0.25) is 0 Å². The average molecular weight is 431 g/mol. The van der Waals surface area contributed by atoms with Crippen molar-refractivity contribution in [3.63, 3.8) is 0 Å². The molecular weight excluding hydrogens is 404 g/mol. The van der Waals surface area contributed by atoms with Gasteiger partial charge in [-0.2, -0.15) is 0 Å². The fourth-order valence-electron chi connectivity index (χ4n) is 3.68. The van der Waals surface area contributed by atoms with Crippen LogP contribution in [0.3, 0.4) is 0 Å². The first-order chi connectivity index (χ1) is 14.3. The minimum absolute atomic E-state index is 0.0182. The monoisotopic (exact) mass is 430 g/mol. The quantitative estimate of drug-likeness (QED) is 0.678. The summed E-state index contributed by atoms with van der Waals surface area (Å²) in [5.74, 6) is -0.211. The van der Waals surface area contributed by atoms with Gasteiger partial charge in [0.25, 0.3) is 5.56 Å². The van der Waals surface area contributed by atoms with E-state index in [1.54, 1.807) is 37.3 Å². The highest BCUT2D eigenvalue weighted by Gasteiger charge is 2.24. The molecule has 0 radical (unpaired) electrons. The minimum Gasteiger partial charge on any atom is -0.310 e. The molecule has 1 aliphatic rings. The van der Waals surface area contributed by atoms with Crippen LogP contribution in [-0.2, 0) is 20.6 Å². The summed E-state index contributed by atoms with van der Waals surface area (Å²) in [6.45, 7) is 6.26. The van der Waals surface area contributed by atoms with E-state index in [0.717, 1.165) is 12.8 Å². The predicted octanol–water partition coefficient (Wildman–Crippen LogP) is 2.06. The zero-order valence-corrected chi connectivity index (χ0v) is 17.8. The molecule has 0 aliphatic carbocycles. The molecule has 2 aromatic rings. The second-order valence-electron chi connectivity index (χ2n) is 7.51. The molecule has 1 amide bonds. The first-order valence-electron chi connectivity index (χ1n) is 9.81. The number of carbonyl (C=O) groups excluding carboxylic acids is 1. The van der Waals surface area contributed by atoms with E-state index >= 15 is 0 Å². The number of nitrogens with one attached hydrogen (secondary N) is 1. The maximum atomic E-state index is 13.0. The highest BCUT2D eigenvalue weighted by atomic mass is 32.2. The van der Waals surface area contributed by atoms with Crippen LogP contribution in [0.4, 0.5) is 5.69 Å². The lowest BCUT2D eigenvalue weighted by atomic mass is 9.94. The smallest absolute Gasteiger partial charge is 0.293 e. The molecule has 0 spiro atoms. The van der Waals surface area contributed by atoms with E-state index < -0.39 is 15.6 Å². The Morgan fingerprint density at radius 2 is 1.83 bits per heavy atom. The normalized spacial score (nSPS) is 15.0. The van der Waals surface area contributed by atoms with Crippen molar-refractivity contribution in [1.29, 1.82) is 0 Å². The Morgan fingerprint density at radius 3 is 2.47 bits per heavy atom. The van der Waals surface area contributed by atoms with Gasteiger partial charge < -0.3 is 5.01 Å². The number of nitrogens with zero attached hydrogens (tertiary/aromatic N) is 3. The molecule has 0 unspecified atom stereocenters. The number of hydrogen-bond donors (Lipinski definition) is 1. The van der Waals surface area contributed by atoms with Crippen molar-refractivity contribution < 1.29 is 13.2 Å². The molecule has 1 N–H and O–H groups in total. The molecule has 30 heavy (non-hydrogen) atoms. The van der Waals surface area contributed by atoms with Gasteiger partial charge in [-0.25, -0.2) is 18.1 Å². The number of carbonyl (C=O) groups is 1. The second kappa shape index (κ2) is 9.25. The van der Waals surface area contributed by atoms with Crippen molar-refractivity contribution >= 4 is 28.3 Å². The van der Waals surface area contributed by atoms with E-state index in [9.17, 15) is 18.0 Å². The summed E-state index contributed by atoms with van der Waals surface area (Å²) in [5, 5.41) is 1.90. The number of aromatic nitrogens is 1. The predicted molar refractivity (Wildman–Crippen MR) is 118 cm³/mol. The molecule has 0 bridgehead atoms. The van der Waals surface area contributed by atoms with Crippen LogP contribution < -0.4 is 15.3 Å². The van der Waals surface area contributed by atoms with Crippen LogP contribution in [-0.4, -0.2) is 38.8 Å². The Balaban J connectivity index is 1.75. The lowest BCUT2D eigenvalue weighted by Crippen LogP contribution is -2.48. The molecule has 2 heterocycles. The number of rotatable bonds is 7. The van der Waals surface area contributed by atoms with Gasteiger partial charge in [-0.15, -0.1) is 0 Å². The number of benzene rings is 1. The summed E-state index contributed by atoms with van der Waals surface area (Å²) in [6, 6.07) is 12.0. The molecule has 1 fully saturated rings. The Bertz CT molecular complexity index is 1070. The maximum Gasteiger partial charge on any atom is 0.293 e. The summed E-state index contributed by atoms with van der Waals surface area (Å²) < 4.78 is 29.0. The van der Waals surface area contributed by atoms with Crippen molar-refractivity contribution in [3.8, 4) is 0 Å². The molecule has 1 aromatic carbocycles. The van der Waals surface area contributed by atoms with Crippen molar-refractivity contribution in [2.24, 2.45) is 10.9 Å². The van der Waals surface area contributed by atoms with Gasteiger partial charge in [0.05, 0.1) is 5.75 Å². The lowest BCUT2D eigenvalue weighted by Gasteiger charge is -2.35.